The van der Waals surface area contributed by atoms with Crippen molar-refractivity contribution >= 4 is 5.78 Å². The molecule has 0 spiro atoms. The van der Waals surface area contributed by atoms with Crippen LogP contribution in [0.2, 0.25) is 0 Å². The molecule has 0 heterocycles. The van der Waals surface area contributed by atoms with Crippen molar-refractivity contribution in [2.24, 2.45) is 17.3 Å². The molecule has 3 aliphatic carbocycles. The lowest BCUT2D eigenvalue weighted by atomic mass is 9.55. The molecular weight excluding hydrogens is 276 g/mol. The third kappa shape index (κ3) is 1.71. The highest BCUT2D eigenvalue weighted by Crippen LogP contribution is 2.60. The van der Waals surface area contributed by atoms with E-state index in [1.807, 2.05) is 0 Å². The summed E-state index contributed by atoms with van der Waals surface area (Å²) in [5.74, 6) is 3.09. The molecule has 0 amide bonds. The summed E-state index contributed by atoms with van der Waals surface area (Å²) in [7, 11) is 1.63. The zero-order valence-electron chi connectivity index (χ0n) is 13.4. The number of hydrogen-bond acceptors (Lipinski definition) is 3. The minimum absolute atomic E-state index is 0.0698. The lowest BCUT2D eigenvalue weighted by Crippen LogP contribution is -2.42. The van der Waals surface area contributed by atoms with E-state index in [1.165, 1.54) is 11.1 Å². The first-order valence-corrected chi connectivity index (χ1v) is 8.48. The predicted molar refractivity (Wildman–Crippen MR) is 84.3 cm³/mol. The molecule has 1 aromatic rings. The summed E-state index contributed by atoms with van der Waals surface area (Å²) in [6.07, 6.45) is 6.02. The third-order valence-electron chi connectivity index (χ3n) is 6.75. The number of aromatic hydroxyl groups is 1. The lowest BCUT2D eigenvalue weighted by molar-refractivity contribution is -0.129. The van der Waals surface area contributed by atoms with Gasteiger partial charge in [-0.05, 0) is 61.5 Å². The van der Waals surface area contributed by atoms with Crippen molar-refractivity contribution in [2.45, 2.75) is 51.4 Å². The number of hydrogen-bond donors (Lipinski definition) is 1. The molecule has 3 aliphatic rings. The molecule has 22 heavy (non-hydrogen) atoms. The number of methoxy groups -OCH3 is 1. The fraction of sp³-hybridized carbons (Fsp3) is 0.632. The zero-order valence-corrected chi connectivity index (χ0v) is 13.4. The second kappa shape index (κ2) is 4.74. The summed E-state index contributed by atoms with van der Waals surface area (Å²) in [4.78, 5) is 12.3. The third-order valence-corrected chi connectivity index (χ3v) is 6.75. The van der Waals surface area contributed by atoms with Crippen LogP contribution in [0, 0.1) is 17.3 Å². The number of carbonyl (C=O) groups excluding carboxylic acids is 1. The van der Waals surface area contributed by atoms with Crippen LogP contribution < -0.4 is 4.74 Å². The van der Waals surface area contributed by atoms with Crippen molar-refractivity contribution in [1.82, 2.24) is 0 Å². The molecule has 0 aliphatic heterocycles. The van der Waals surface area contributed by atoms with Gasteiger partial charge >= 0.3 is 0 Å². The van der Waals surface area contributed by atoms with Gasteiger partial charge in [-0.15, -0.1) is 0 Å². The Labute approximate surface area is 131 Å². The van der Waals surface area contributed by atoms with Gasteiger partial charge in [-0.3, -0.25) is 4.79 Å². The molecule has 0 bridgehead atoms. The Bertz CT molecular complexity index is 636. The molecule has 4 atom stereocenters. The van der Waals surface area contributed by atoms with Crippen LogP contribution in [0.1, 0.15) is 56.1 Å². The van der Waals surface area contributed by atoms with E-state index in [0.29, 0.717) is 29.3 Å². The monoisotopic (exact) mass is 300 g/mol. The second-order valence-electron chi connectivity index (χ2n) is 7.52. The fourth-order valence-corrected chi connectivity index (χ4v) is 5.62. The molecule has 3 heteroatoms. The van der Waals surface area contributed by atoms with Crippen molar-refractivity contribution in [3.05, 3.63) is 23.3 Å². The standard InChI is InChI=1S/C19H24O3/c1-19-10-9-12-11-5-7-16(20)18(22-2)14(11)4-3-13(12)15(19)6-8-17(19)21/h5,7,12-13,15,20H,3-4,6,8-10H2,1-2H3. The maximum Gasteiger partial charge on any atom is 0.163 e. The summed E-state index contributed by atoms with van der Waals surface area (Å²) in [6.45, 7) is 2.20. The van der Waals surface area contributed by atoms with E-state index in [2.05, 4.69) is 13.0 Å². The molecule has 0 aromatic heterocycles. The number of phenols is 1. The molecule has 118 valence electrons. The number of ether oxygens (including phenoxy) is 1. The maximum atomic E-state index is 12.3. The molecule has 2 saturated carbocycles. The van der Waals surface area contributed by atoms with Crippen molar-refractivity contribution in [3.8, 4) is 11.5 Å². The van der Waals surface area contributed by atoms with Gasteiger partial charge < -0.3 is 9.84 Å². The first kappa shape index (κ1) is 14.1. The van der Waals surface area contributed by atoms with Gasteiger partial charge in [-0.25, -0.2) is 0 Å². The van der Waals surface area contributed by atoms with E-state index in [1.54, 1.807) is 13.2 Å². The average Bonchev–Trinajstić information content (AvgIpc) is 2.82. The van der Waals surface area contributed by atoms with E-state index >= 15 is 0 Å². The Balaban J connectivity index is 1.75. The highest BCUT2D eigenvalue weighted by atomic mass is 16.5. The molecule has 4 rings (SSSR count). The van der Waals surface area contributed by atoms with Gasteiger partial charge in [-0.1, -0.05) is 13.0 Å². The number of phenolic OH excluding ortho intramolecular Hbond substituents is 1. The van der Waals surface area contributed by atoms with E-state index in [4.69, 9.17) is 4.74 Å². The first-order chi connectivity index (χ1) is 10.6. The Hall–Kier alpha value is -1.51. The van der Waals surface area contributed by atoms with Crippen LogP contribution in [0.4, 0.5) is 0 Å². The lowest BCUT2D eigenvalue weighted by Gasteiger charge is -2.48. The molecule has 4 unspecified atom stereocenters. The van der Waals surface area contributed by atoms with Crippen LogP contribution in [0.25, 0.3) is 0 Å². The van der Waals surface area contributed by atoms with Gasteiger partial charge in [0, 0.05) is 17.4 Å². The number of Topliss-reactive ketones (excluding diaryl/α,β-unsaturated/α-hetero) is 1. The smallest absolute Gasteiger partial charge is 0.163 e. The highest BCUT2D eigenvalue weighted by molar-refractivity contribution is 5.87. The number of ketones is 1. The number of carbonyl (C=O) groups is 1. The van der Waals surface area contributed by atoms with Crippen LogP contribution in [0.15, 0.2) is 12.1 Å². The number of benzene rings is 1. The van der Waals surface area contributed by atoms with Gasteiger partial charge in [0.05, 0.1) is 7.11 Å². The molecule has 0 radical (unpaired) electrons. The normalized spacial score (nSPS) is 36.5. The molecular formula is C19H24O3. The molecule has 1 aromatic carbocycles. The quantitative estimate of drug-likeness (QED) is 0.857. The minimum Gasteiger partial charge on any atom is -0.504 e. The Morgan fingerprint density at radius 3 is 2.82 bits per heavy atom. The Morgan fingerprint density at radius 1 is 1.23 bits per heavy atom. The fourth-order valence-electron chi connectivity index (χ4n) is 5.62. The summed E-state index contributed by atoms with van der Waals surface area (Å²) < 4.78 is 5.44. The SMILES string of the molecule is COc1c(O)ccc2c1CCC1C2CCC2(C)C(=O)CCC12. The van der Waals surface area contributed by atoms with Crippen molar-refractivity contribution in [2.75, 3.05) is 7.11 Å². The largest absolute Gasteiger partial charge is 0.504 e. The molecule has 3 nitrogen and oxygen atoms in total. The van der Waals surface area contributed by atoms with Crippen LogP contribution in [-0.2, 0) is 11.2 Å². The van der Waals surface area contributed by atoms with E-state index in [0.717, 1.165) is 38.5 Å². The van der Waals surface area contributed by atoms with Crippen LogP contribution >= 0.6 is 0 Å². The highest BCUT2D eigenvalue weighted by Gasteiger charge is 2.54. The van der Waals surface area contributed by atoms with E-state index in [9.17, 15) is 9.90 Å². The average molecular weight is 300 g/mol. The second-order valence-corrected chi connectivity index (χ2v) is 7.52. The number of fused-ring (bicyclic) bond motifs is 5. The summed E-state index contributed by atoms with van der Waals surface area (Å²) in [5.41, 5.74) is 2.48. The zero-order chi connectivity index (χ0) is 15.5. The van der Waals surface area contributed by atoms with E-state index in [-0.39, 0.29) is 11.2 Å². The van der Waals surface area contributed by atoms with Gasteiger partial charge in [0.2, 0.25) is 0 Å². The van der Waals surface area contributed by atoms with Gasteiger partial charge in [0.15, 0.2) is 11.5 Å². The minimum atomic E-state index is -0.0698. The number of rotatable bonds is 1. The molecule has 1 N–H and O–H groups in total. The van der Waals surface area contributed by atoms with Gasteiger partial charge in [-0.2, -0.15) is 0 Å². The summed E-state index contributed by atoms with van der Waals surface area (Å²) in [5, 5.41) is 10.0. The van der Waals surface area contributed by atoms with Crippen molar-refractivity contribution < 1.29 is 14.6 Å². The predicted octanol–water partition coefficient (Wildman–Crippen LogP) is 3.83. The molecule has 0 saturated heterocycles. The van der Waals surface area contributed by atoms with E-state index < -0.39 is 0 Å². The van der Waals surface area contributed by atoms with Crippen LogP contribution in [0.3, 0.4) is 0 Å². The molecule has 2 fully saturated rings. The maximum absolute atomic E-state index is 12.3. The van der Waals surface area contributed by atoms with Gasteiger partial charge in [0.1, 0.15) is 5.78 Å². The van der Waals surface area contributed by atoms with Gasteiger partial charge in [0.25, 0.3) is 0 Å². The summed E-state index contributed by atoms with van der Waals surface area (Å²) in [6, 6.07) is 3.86. The Morgan fingerprint density at radius 2 is 2.05 bits per heavy atom. The van der Waals surface area contributed by atoms with Crippen molar-refractivity contribution in [3.63, 3.8) is 0 Å². The summed E-state index contributed by atoms with van der Waals surface area (Å²) >= 11 is 0. The van der Waals surface area contributed by atoms with Crippen LogP contribution in [-0.4, -0.2) is 18.0 Å². The van der Waals surface area contributed by atoms with Crippen molar-refractivity contribution in [1.29, 1.82) is 0 Å². The topological polar surface area (TPSA) is 46.5 Å². The van der Waals surface area contributed by atoms with Crippen LogP contribution in [0.5, 0.6) is 11.5 Å². The Kier molecular flexibility index (Phi) is 3.04. The first-order valence-electron chi connectivity index (χ1n) is 8.48.